The number of carboxylic acid groups (broad SMARTS) is 1. The number of aromatic nitrogens is 1. The van der Waals surface area contributed by atoms with Crippen LogP contribution in [0.5, 0.6) is 0 Å². The summed E-state index contributed by atoms with van der Waals surface area (Å²) in [5.41, 5.74) is 1.04. The lowest BCUT2D eigenvalue weighted by Crippen LogP contribution is -2.10. The predicted octanol–water partition coefficient (Wildman–Crippen LogP) is 2.73. The number of hydrogen-bond acceptors (Lipinski definition) is 2. The Balaban J connectivity index is 2.32. The summed E-state index contributed by atoms with van der Waals surface area (Å²) in [5, 5.41) is 9.47. The predicted molar refractivity (Wildman–Crippen MR) is 61.3 cm³/mol. The maximum Gasteiger partial charge on any atom is 0.316 e. The van der Waals surface area contributed by atoms with Crippen molar-refractivity contribution in [2.45, 2.75) is 17.1 Å². The molecule has 1 aromatic carbocycles. The highest BCUT2D eigenvalue weighted by molar-refractivity contribution is 8.00. The number of carboxylic acids is 1. The van der Waals surface area contributed by atoms with Crippen LogP contribution in [0.3, 0.4) is 0 Å². The van der Waals surface area contributed by atoms with Gasteiger partial charge in [0.2, 0.25) is 0 Å². The molecule has 0 amide bonds. The van der Waals surface area contributed by atoms with Crippen molar-refractivity contribution in [2.24, 2.45) is 0 Å². The van der Waals surface area contributed by atoms with Gasteiger partial charge in [0.05, 0.1) is 0 Å². The molecule has 0 saturated carbocycles. The van der Waals surface area contributed by atoms with E-state index in [1.54, 1.807) is 6.92 Å². The second-order valence-electron chi connectivity index (χ2n) is 3.30. The van der Waals surface area contributed by atoms with Crippen molar-refractivity contribution >= 4 is 28.6 Å². The van der Waals surface area contributed by atoms with Crippen molar-refractivity contribution < 1.29 is 9.90 Å². The van der Waals surface area contributed by atoms with Gasteiger partial charge in [-0.1, -0.05) is 18.2 Å². The Bertz CT molecular complexity index is 492. The molecule has 2 rings (SSSR count). The molecule has 0 aliphatic rings. The zero-order valence-electron chi connectivity index (χ0n) is 8.23. The molecule has 0 bridgehead atoms. The first-order chi connectivity index (χ1) is 7.18. The summed E-state index contributed by atoms with van der Waals surface area (Å²) in [5.74, 6) is -0.787. The lowest BCUT2D eigenvalue weighted by Gasteiger charge is -2.03. The minimum atomic E-state index is -0.787. The quantitative estimate of drug-likeness (QED) is 0.783. The zero-order valence-corrected chi connectivity index (χ0v) is 9.04. The molecule has 0 unspecified atom stereocenters. The summed E-state index contributed by atoms with van der Waals surface area (Å²) in [6.45, 7) is 1.69. The van der Waals surface area contributed by atoms with Crippen molar-refractivity contribution in [1.82, 2.24) is 4.98 Å². The molecule has 1 heterocycles. The lowest BCUT2D eigenvalue weighted by atomic mass is 10.2. The van der Waals surface area contributed by atoms with Crippen LogP contribution in [-0.4, -0.2) is 21.3 Å². The van der Waals surface area contributed by atoms with Gasteiger partial charge >= 0.3 is 5.97 Å². The normalized spacial score (nSPS) is 12.9. The van der Waals surface area contributed by atoms with Crippen molar-refractivity contribution in [3.05, 3.63) is 30.5 Å². The first-order valence-electron chi connectivity index (χ1n) is 4.64. The zero-order chi connectivity index (χ0) is 10.8. The third-order valence-corrected chi connectivity index (χ3v) is 3.35. The standard InChI is InChI=1S/C11H11NO2S/c1-7(11(13)14)15-10-6-12-9-5-3-2-4-8(9)10/h2-7,12H,1H3,(H,13,14)/t7-/m0/s1. The maximum atomic E-state index is 10.7. The summed E-state index contributed by atoms with van der Waals surface area (Å²) in [4.78, 5) is 14.8. The van der Waals surface area contributed by atoms with E-state index in [9.17, 15) is 4.79 Å². The van der Waals surface area contributed by atoms with E-state index in [0.717, 1.165) is 15.8 Å². The van der Waals surface area contributed by atoms with E-state index in [-0.39, 0.29) is 0 Å². The second-order valence-corrected chi connectivity index (χ2v) is 4.68. The van der Waals surface area contributed by atoms with E-state index in [2.05, 4.69) is 4.98 Å². The molecule has 1 atom stereocenters. The van der Waals surface area contributed by atoms with Gasteiger partial charge in [0.1, 0.15) is 5.25 Å². The number of aliphatic carboxylic acids is 1. The Morgan fingerprint density at radius 2 is 2.20 bits per heavy atom. The number of fused-ring (bicyclic) bond motifs is 1. The Morgan fingerprint density at radius 3 is 2.93 bits per heavy atom. The van der Waals surface area contributed by atoms with E-state index >= 15 is 0 Å². The average Bonchev–Trinajstić information content (AvgIpc) is 2.62. The lowest BCUT2D eigenvalue weighted by molar-refractivity contribution is -0.136. The van der Waals surface area contributed by atoms with Crippen molar-refractivity contribution in [3.63, 3.8) is 0 Å². The van der Waals surface area contributed by atoms with Crippen LogP contribution in [-0.2, 0) is 4.79 Å². The Labute approximate surface area is 91.5 Å². The minimum Gasteiger partial charge on any atom is -0.480 e. The molecule has 2 N–H and O–H groups in total. The Morgan fingerprint density at radius 1 is 1.47 bits per heavy atom. The largest absolute Gasteiger partial charge is 0.480 e. The van der Waals surface area contributed by atoms with Gasteiger partial charge in [0, 0.05) is 22.0 Å². The van der Waals surface area contributed by atoms with Gasteiger partial charge in [-0.3, -0.25) is 4.79 Å². The fourth-order valence-electron chi connectivity index (χ4n) is 1.38. The minimum absolute atomic E-state index is 0.427. The van der Waals surface area contributed by atoms with E-state index in [1.807, 2.05) is 30.5 Å². The molecule has 1 aromatic heterocycles. The van der Waals surface area contributed by atoms with Crippen LogP contribution >= 0.6 is 11.8 Å². The first kappa shape index (κ1) is 10.1. The summed E-state index contributed by atoms with van der Waals surface area (Å²) >= 11 is 1.36. The van der Waals surface area contributed by atoms with Crippen molar-refractivity contribution in [2.75, 3.05) is 0 Å². The number of benzene rings is 1. The summed E-state index contributed by atoms with van der Waals surface area (Å²) < 4.78 is 0. The van der Waals surface area contributed by atoms with Gasteiger partial charge in [-0.15, -0.1) is 11.8 Å². The highest BCUT2D eigenvalue weighted by Crippen LogP contribution is 2.30. The number of para-hydroxylation sites is 1. The smallest absolute Gasteiger partial charge is 0.316 e. The molecule has 4 heteroatoms. The van der Waals surface area contributed by atoms with Crippen LogP contribution in [0.4, 0.5) is 0 Å². The highest BCUT2D eigenvalue weighted by Gasteiger charge is 2.14. The molecule has 15 heavy (non-hydrogen) atoms. The maximum absolute atomic E-state index is 10.7. The number of carbonyl (C=O) groups is 1. The monoisotopic (exact) mass is 221 g/mol. The third-order valence-electron chi connectivity index (χ3n) is 2.20. The molecular weight excluding hydrogens is 210 g/mol. The van der Waals surface area contributed by atoms with Crippen LogP contribution in [0.15, 0.2) is 35.4 Å². The Hall–Kier alpha value is -1.42. The number of thioether (sulfide) groups is 1. The topological polar surface area (TPSA) is 53.1 Å². The van der Waals surface area contributed by atoms with Crippen LogP contribution in [0.25, 0.3) is 10.9 Å². The van der Waals surface area contributed by atoms with Crippen molar-refractivity contribution in [1.29, 1.82) is 0 Å². The van der Waals surface area contributed by atoms with E-state index in [4.69, 9.17) is 5.11 Å². The molecule has 0 saturated heterocycles. The molecule has 78 valence electrons. The number of H-pyrrole nitrogens is 1. The van der Waals surface area contributed by atoms with Crippen LogP contribution in [0.2, 0.25) is 0 Å². The van der Waals surface area contributed by atoms with Gasteiger partial charge in [0.25, 0.3) is 0 Å². The fraction of sp³-hybridized carbons (Fsp3) is 0.182. The summed E-state index contributed by atoms with van der Waals surface area (Å²) in [6.07, 6.45) is 1.86. The van der Waals surface area contributed by atoms with Crippen LogP contribution < -0.4 is 0 Å². The summed E-state index contributed by atoms with van der Waals surface area (Å²) in [6, 6.07) is 7.87. The molecule has 0 aliphatic carbocycles. The van der Waals surface area contributed by atoms with Crippen LogP contribution in [0.1, 0.15) is 6.92 Å². The second kappa shape index (κ2) is 3.98. The van der Waals surface area contributed by atoms with E-state index < -0.39 is 11.2 Å². The molecule has 3 nitrogen and oxygen atoms in total. The van der Waals surface area contributed by atoms with Gasteiger partial charge in [-0.05, 0) is 13.0 Å². The van der Waals surface area contributed by atoms with Gasteiger partial charge in [-0.2, -0.15) is 0 Å². The molecule has 0 radical (unpaired) electrons. The first-order valence-corrected chi connectivity index (χ1v) is 5.52. The Kier molecular flexibility index (Phi) is 2.68. The fourth-order valence-corrected chi connectivity index (χ4v) is 2.30. The SMILES string of the molecule is C[C@H](Sc1c[nH]c2ccccc12)C(=O)O. The number of aromatic amines is 1. The third kappa shape index (κ3) is 1.99. The highest BCUT2D eigenvalue weighted by atomic mass is 32.2. The molecule has 2 aromatic rings. The van der Waals surface area contributed by atoms with Gasteiger partial charge in [0.15, 0.2) is 0 Å². The molecule has 0 spiro atoms. The number of rotatable bonds is 3. The molecule has 0 fully saturated rings. The summed E-state index contributed by atoms with van der Waals surface area (Å²) in [7, 11) is 0. The average molecular weight is 221 g/mol. The van der Waals surface area contributed by atoms with Crippen molar-refractivity contribution in [3.8, 4) is 0 Å². The van der Waals surface area contributed by atoms with Crippen LogP contribution in [0, 0.1) is 0 Å². The number of nitrogens with one attached hydrogen (secondary N) is 1. The van der Waals surface area contributed by atoms with Gasteiger partial charge < -0.3 is 10.1 Å². The number of hydrogen-bond donors (Lipinski definition) is 2. The van der Waals surface area contributed by atoms with E-state index in [1.165, 1.54) is 11.8 Å². The molecule has 0 aliphatic heterocycles. The van der Waals surface area contributed by atoms with Gasteiger partial charge in [-0.25, -0.2) is 0 Å². The van der Waals surface area contributed by atoms with E-state index in [0.29, 0.717) is 0 Å². The molecular formula is C11H11NO2S.